The molecule has 1 unspecified atom stereocenters. The summed E-state index contributed by atoms with van der Waals surface area (Å²) in [7, 11) is 2.43. The standard InChI is InChI=1S/C8H9FNOP/c9-7-2-1-6(12)3-5(7)4-8(10)11/h1-3H,4,12H2,(H2,10,11). The van der Waals surface area contributed by atoms with Crippen LogP contribution in [0.15, 0.2) is 18.2 Å². The number of amides is 1. The Morgan fingerprint density at radius 2 is 2.25 bits per heavy atom. The predicted octanol–water partition coefficient (Wildman–Crippen LogP) is 0.354. The van der Waals surface area contributed by atoms with Gasteiger partial charge in [-0.15, -0.1) is 9.24 Å². The van der Waals surface area contributed by atoms with Gasteiger partial charge in [0.25, 0.3) is 0 Å². The van der Waals surface area contributed by atoms with Crippen molar-refractivity contribution in [2.75, 3.05) is 0 Å². The monoisotopic (exact) mass is 185 g/mol. The Bertz CT molecular complexity index is 314. The van der Waals surface area contributed by atoms with Crippen LogP contribution in [-0.2, 0) is 11.2 Å². The van der Waals surface area contributed by atoms with Crippen molar-refractivity contribution in [3.8, 4) is 0 Å². The number of halogens is 1. The minimum absolute atomic E-state index is 0.0475. The third-order valence-corrected chi connectivity index (χ3v) is 1.79. The molecule has 1 aromatic rings. The van der Waals surface area contributed by atoms with E-state index in [0.29, 0.717) is 5.56 Å². The number of benzene rings is 1. The Morgan fingerprint density at radius 3 is 2.83 bits per heavy atom. The summed E-state index contributed by atoms with van der Waals surface area (Å²) in [5.74, 6) is -0.912. The fourth-order valence-corrected chi connectivity index (χ4v) is 1.22. The molecule has 0 aliphatic rings. The molecule has 1 amide bonds. The van der Waals surface area contributed by atoms with Crippen LogP contribution in [-0.4, -0.2) is 5.91 Å². The number of primary amides is 1. The van der Waals surface area contributed by atoms with Gasteiger partial charge in [-0.3, -0.25) is 4.79 Å². The van der Waals surface area contributed by atoms with Crippen LogP contribution >= 0.6 is 9.24 Å². The maximum Gasteiger partial charge on any atom is 0.221 e. The molecule has 0 aliphatic heterocycles. The van der Waals surface area contributed by atoms with E-state index in [0.717, 1.165) is 5.30 Å². The third kappa shape index (κ3) is 2.28. The van der Waals surface area contributed by atoms with Crippen LogP contribution in [0, 0.1) is 5.82 Å². The molecule has 1 aromatic carbocycles. The van der Waals surface area contributed by atoms with Gasteiger partial charge in [0.15, 0.2) is 0 Å². The minimum atomic E-state index is -0.524. The van der Waals surface area contributed by atoms with Gasteiger partial charge in [0.2, 0.25) is 5.91 Å². The van der Waals surface area contributed by atoms with E-state index in [-0.39, 0.29) is 12.2 Å². The Labute approximate surface area is 72.2 Å². The van der Waals surface area contributed by atoms with Gasteiger partial charge >= 0.3 is 0 Å². The molecule has 4 heteroatoms. The molecule has 0 saturated heterocycles. The SMILES string of the molecule is NC(=O)Cc1cc(P)ccc1F. The molecule has 64 valence electrons. The van der Waals surface area contributed by atoms with Gasteiger partial charge in [-0.05, 0) is 23.0 Å². The number of hydrogen-bond donors (Lipinski definition) is 1. The van der Waals surface area contributed by atoms with Crippen molar-refractivity contribution in [1.82, 2.24) is 0 Å². The summed E-state index contributed by atoms with van der Waals surface area (Å²) >= 11 is 0. The van der Waals surface area contributed by atoms with Crippen molar-refractivity contribution < 1.29 is 9.18 Å². The van der Waals surface area contributed by atoms with Crippen LogP contribution in [0.25, 0.3) is 0 Å². The van der Waals surface area contributed by atoms with Crippen LogP contribution in [0.5, 0.6) is 0 Å². The molecule has 0 radical (unpaired) electrons. The Hall–Kier alpha value is -0.950. The zero-order valence-corrected chi connectivity index (χ0v) is 7.53. The number of hydrogen-bond acceptors (Lipinski definition) is 1. The molecule has 0 aliphatic carbocycles. The van der Waals surface area contributed by atoms with Gasteiger partial charge < -0.3 is 5.73 Å². The lowest BCUT2D eigenvalue weighted by molar-refractivity contribution is -0.117. The average molecular weight is 185 g/mol. The fourth-order valence-electron chi connectivity index (χ4n) is 0.918. The first kappa shape index (κ1) is 9.14. The average Bonchev–Trinajstić information content (AvgIpc) is 1.96. The summed E-state index contributed by atoms with van der Waals surface area (Å²) in [6.07, 6.45) is -0.0475. The van der Waals surface area contributed by atoms with Gasteiger partial charge in [0, 0.05) is 0 Å². The number of rotatable bonds is 2. The van der Waals surface area contributed by atoms with Crippen LogP contribution in [0.4, 0.5) is 4.39 Å². The first-order valence-corrected chi connectivity index (χ1v) is 3.99. The lowest BCUT2D eigenvalue weighted by atomic mass is 10.1. The van der Waals surface area contributed by atoms with Gasteiger partial charge in [-0.2, -0.15) is 0 Å². The Balaban J connectivity index is 2.97. The maximum absolute atomic E-state index is 12.9. The highest BCUT2D eigenvalue weighted by atomic mass is 31.0. The van der Waals surface area contributed by atoms with Gasteiger partial charge in [0.1, 0.15) is 5.82 Å². The minimum Gasteiger partial charge on any atom is -0.369 e. The molecule has 2 nitrogen and oxygen atoms in total. The normalized spacial score (nSPS) is 9.83. The van der Waals surface area contributed by atoms with Crippen LogP contribution in [0.1, 0.15) is 5.56 Å². The van der Waals surface area contributed by atoms with Gasteiger partial charge in [0.05, 0.1) is 6.42 Å². The molecule has 0 fully saturated rings. The van der Waals surface area contributed by atoms with Crippen LogP contribution in [0.3, 0.4) is 0 Å². The molecule has 0 aromatic heterocycles. The quantitative estimate of drug-likeness (QED) is 0.664. The van der Waals surface area contributed by atoms with Gasteiger partial charge in [-0.1, -0.05) is 6.07 Å². The summed E-state index contributed by atoms with van der Waals surface area (Å²) in [5, 5.41) is 0.840. The van der Waals surface area contributed by atoms with Crippen LogP contribution < -0.4 is 11.0 Å². The molecule has 12 heavy (non-hydrogen) atoms. The summed E-state index contributed by atoms with van der Waals surface area (Å²) in [5.41, 5.74) is 5.27. The highest BCUT2D eigenvalue weighted by molar-refractivity contribution is 7.27. The van der Waals surface area contributed by atoms with E-state index in [1.165, 1.54) is 6.07 Å². The molecule has 2 N–H and O–H groups in total. The maximum atomic E-state index is 12.9. The number of carbonyl (C=O) groups excluding carboxylic acids is 1. The first-order chi connectivity index (χ1) is 5.59. The second-order valence-electron chi connectivity index (χ2n) is 2.49. The Kier molecular flexibility index (Phi) is 2.77. The number of nitrogens with two attached hydrogens (primary N) is 1. The van der Waals surface area contributed by atoms with E-state index in [1.54, 1.807) is 12.1 Å². The van der Waals surface area contributed by atoms with Crippen molar-refractivity contribution >= 4 is 20.5 Å². The topological polar surface area (TPSA) is 43.1 Å². The number of carbonyl (C=O) groups is 1. The van der Waals surface area contributed by atoms with E-state index in [4.69, 9.17) is 5.73 Å². The Morgan fingerprint density at radius 1 is 1.58 bits per heavy atom. The molecule has 1 rings (SSSR count). The van der Waals surface area contributed by atoms with E-state index in [1.807, 2.05) is 0 Å². The van der Waals surface area contributed by atoms with Crippen molar-refractivity contribution in [2.24, 2.45) is 5.73 Å². The summed E-state index contributed by atoms with van der Waals surface area (Å²) < 4.78 is 12.9. The largest absolute Gasteiger partial charge is 0.369 e. The summed E-state index contributed by atoms with van der Waals surface area (Å²) in [6.45, 7) is 0. The first-order valence-electron chi connectivity index (χ1n) is 3.42. The van der Waals surface area contributed by atoms with E-state index >= 15 is 0 Å². The van der Waals surface area contributed by atoms with Crippen molar-refractivity contribution in [2.45, 2.75) is 6.42 Å². The lowest BCUT2D eigenvalue weighted by Crippen LogP contribution is -2.15. The van der Waals surface area contributed by atoms with Crippen molar-refractivity contribution in [3.63, 3.8) is 0 Å². The zero-order chi connectivity index (χ0) is 9.14. The van der Waals surface area contributed by atoms with E-state index in [2.05, 4.69) is 9.24 Å². The molecule has 0 spiro atoms. The molecule has 0 bridgehead atoms. The second-order valence-corrected chi connectivity index (χ2v) is 3.16. The second kappa shape index (κ2) is 3.63. The lowest BCUT2D eigenvalue weighted by Gasteiger charge is -2.00. The molecule has 0 saturated carbocycles. The zero-order valence-electron chi connectivity index (χ0n) is 6.38. The van der Waals surface area contributed by atoms with E-state index in [9.17, 15) is 9.18 Å². The fraction of sp³-hybridized carbons (Fsp3) is 0.125. The third-order valence-electron chi connectivity index (χ3n) is 1.43. The van der Waals surface area contributed by atoms with Crippen molar-refractivity contribution in [1.29, 1.82) is 0 Å². The highest BCUT2D eigenvalue weighted by Crippen LogP contribution is 2.06. The summed E-state index contributed by atoms with van der Waals surface area (Å²) in [6, 6.07) is 4.52. The van der Waals surface area contributed by atoms with Crippen LogP contribution in [0.2, 0.25) is 0 Å². The molecular weight excluding hydrogens is 176 g/mol. The smallest absolute Gasteiger partial charge is 0.221 e. The highest BCUT2D eigenvalue weighted by Gasteiger charge is 2.04. The van der Waals surface area contributed by atoms with Gasteiger partial charge in [-0.25, -0.2) is 4.39 Å². The van der Waals surface area contributed by atoms with Crippen molar-refractivity contribution in [3.05, 3.63) is 29.6 Å². The molecular formula is C8H9FNOP. The summed E-state index contributed by atoms with van der Waals surface area (Å²) in [4.78, 5) is 10.5. The molecule has 1 atom stereocenters. The molecule has 0 heterocycles. The van der Waals surface area contributed by atoms with E-state index < -0.39 is 5.91 Å². The predicted molar refractivity (Wildman–Crippen MR) is 48.6 cm³/mol.